The number of nitrogens with zero attached hydrogens (tertiary/aromatic N) is 2. The highest BCUT2D eigenvalue weighted by atomic mass is 16.5. The molecule has 0 bridgehead atoms. The van der Waals surface area contributed by atoms with Gasteiger partial charge in [-0.05, 0) is 18.2 Å². The number of pyridine rings is 1. The van der Waals surface area contributed by atoms with Gasteiger partial charge in [-0.1, -0.05) is 24.3 Å². The third-order valence-corrected chi connectivity index (χ3v) is 3.06. The van der Waals surface area contributed by atoms with Crippen LogP contribution in [0.4, 0.5) is 0 Å². The van der Waals surface area contributed by atoms with E-state index in [4.69, 9.17) is 4.74 Å². The van der Waals surface area contributed by atoms with Crippen LogP contribution >= 0.6 is 0 Å². The van der Waals surface area contributed by atoms with Gasteiger partial charge in [0.2, 0.25) is 5.91 Å². The second-order valence-electron chi connectivity index (χ2n) is 4.87. The molecule has 0 saturated heterocycles. The maximum absolute atomic E-state index is 11.8. The molecular weight excluding hydrogens is 320 g/mol. The van der Waals surface area contributed by atoms with Gasteiger partial charge in [-0.25, -0.2) is 5.43 Å². The summed E-state index contributed by atoms with van der Waals surface area (Å²) in [5.41, 5.74) is 3.85. The topological polar surface area (TPSA) is 92.7 Å². The van der Waals surface area contributed by atoms with Crippen molar-refractivity contribution >= 4 is 24.1 Å². The number of rotatable bonds is 7. The second kappa shape index (κ2) is 9.61. The predicted molar refractivity (Wildman–Crippen MR) is 95.0 cm³/mol. The summed E-state index contributed by atoms with van der Waals surface area (Å²) in [4.78, 5) is 27.3. The van der Waals surface area contributed by atoms with Crippen LogP contribution in [0.25, 0.3) is 6.08 Å². The summed E-state index contributed by atoms with van der Waals surface area (Å²) in [6.07, 6.45) is 7.68. The normalized spacial score (nSPS) is 10.8. The van der Waals surface area contributed by atoms with Gasteiger partial charge in [-0.3, -0.25) is 14.6 Å². The SMILES string of the molecule is COc1ccccc1/C=C\C(=O)NCC(=O)N/N=C\c1cccnc1. The molecule has 0 radical (unpaired) electrons. The molecular formula is C18H18N4O3. The molecule has 2 rings (SSSR count). The van der Waals surface area contributed by atoms with Gasteiger partial charge in [-0.2, -0.15) is 5.10 Å². The van der Waals surface area contributed by atoms with Gasteiger partial charge < -0.3 is 10.1 Å². The van der Waals surface area contributed by atoms with Crippen LogP contribution < -0.4 is 15.5 Å². The van der Waals surface area contributed by atoms with Gasteiger partial charge in [0.15, 0.2) is 0 Å². The molecule has 2 aromatic rings. The zero-order valence-electron chi connectivity index (χ0n) is 13.7. The minimum absolute atomic E-state index is 0.181. The number of benzene rings is 1. The Hall–Kier alpha value is -3.48. The fourth-order valence-electron chi connectivity index (χ4n) is 1.87. The molecule has 0 fully saturated rings. The van der Waals surface area contributed by atoms with Crippen molar-refractivity contribution in [1.82, 2.24) is 15.7 Å². The lowest BCUT2D eigenvalue weighted by Crippen LogP contribution is -2.34. The number of para-hydroxylation sites is 1. The number of carbonyl (C=O) groups is 2. The number of hydrogen-bond acceptors (Lipinski definition) is 5. The number of nitrogens with one attached hydrogen (secondary N) is 2. The molecule has 0 unspecified atom stereocenters. The summed E-state index contributed by atoms with van der Waals surface area (Å²) in [6, 6.07) is 10.9. The molecule has 1 aromatic carbocycles. The molecule has 1 aromatic heterocycles. The number of methoxy groups -OCH3 is 1. The zero-order valence-corrected chi connectivity index (χ0v) is 13.7. The van der Waals surface area contributed by atoms with E-state index in [2.05, 4.69) is 20.8 Å². The maximum atomic E-state index is 11.8. The molecule has 2 N–H and O–H groups in total. The van der Waals surface area contributed by atoms with E-state index in [0.29, 0.717) is 5.75 Å². The van der Waals surface area contributed by atoms with Gasteiger partial charge in [0.1, 0.15) is 5.75 Å². The molecule has 0 spiro atoms. The van der Waals surface area contributed by atoms with Crippen LogP contribution in [0.3, 0.4) is 0 Å². The Morgan fingerprint density at radius 1 is 1.24 bits per heavy atom. The minimum atomic E-state index is -0.431. The number of aromatic nitrogens is 1. The van der Waals surface area contributed by atoms with E-state index >= 15 is 0 Å². The van der Waals surface area contributed by atoms with Crippen molar-refractivity contribution in [2.24, 2.45) is 5.10 Å². The summed E-state index contributed by atoms with van der Waals surface area (Å²) in [7, 11) is 1.56. The van der Waals surface area contributed by atoms with Gasteiger partial charge in [-0.15, -0.1) is 0 Å². The van der Waals surface area contributed by atoms with Crippen molar-refractivity contribution in [3.63, 3.8) is 0 Å². The van der Waals surface area contributed by atoms with Crippen molar-refractivity contribution in [2.75, 3.05) is 13.7 Å². The van der Waals surface area contributed by atoms with Crippen molar-refractivity contribution in [3.8, 4) is 5.75 Å². The Morgan fingerprint density at radius 2 is 2.08 bits per heavy atom. The molecule has 7 nitrogen and oxygen atoms in total. The van der Waals surface area contributed by atoms with Crippen LogP contribution in [0.2, 0.25) is 0 Å². The first-order chi connectivity index (χ1) is 12.2. The average Bonchev–Trinajstić information content (AvgIpc) is 2.65. The Morgan fingerprint density at radius 3 is 2.84 bits per heavy atom. The summed E-state index contributed by atoms with van der Waals surface area (Å²) in [6.45, 7) is -0.181. The molecule has 2 amide bonds. The van der Waals surface area contributed by atoms with Crippen LogP contribution in [0.1, 0.15) is 11.1 Å². The first-order valence-electron chi connectivity index (χ1n) is 7.50. The monoisotopic (exact) mass is 338 g/mol. The highest BCUT2D eigenvalue weighted by Gasteiger charge is 2.02. The third kappa shape index (κ3) is 6.26. The summed E-state index contributed by atoms with van der Waals surface area (Å²) in [5.74, 6) is -0.162. The van der Waals surface area contributed by atoms with Crippen LogP contribution in [0.5, 0.6) is 5.75 Å². The largest absolute Gasteiger partial charge is 0.496 e. The molecule has 0 aliphatic carbocycles. The van der Waals surface area contributed by atoms with E-state index in [1.807, 2.05) is 18.2 Å². The fourth-order valence-corrected chi connectivity index (χ4v) is 1.87. The standard InChI is InChI=1S/C18H18N4O3/c1-25-16-7-3-2-6-15(16)8-9-17(23)20-13-18(24)22-21-12-14-5-4-10-19-11-14/h2-12H,13H2,1H3,(H,20,23)(H,22,24)/b9-8-,21-12-. The Bertz CT molecular complexity index is 773. The number of ether oxygens (including phenoxy) is 1. The first-order valence-corrected chi connectivity index (χ1v) is 7.50. The van der Waals surface area contributed by atoms with Crippen molar-refractivity contribution in [1.29, 1.82) is 0 Å². The van der Waals surface area contributed by atoms with E-state index in [-0.39, 0.29) is 6.54 Å². The van der Waals surface area contributed by atoms with Gasteiger partial charge in [0, 0.05) is 29.6 Å². The Balaban J connectivity index is 1.76. The molecule has 0 atom stereocenters. The predicted octanol–water partition coefficient (Wildman–Crippen LogP) is 1.37. The lowest BCUT2D eigenvalue weighted by molar-refractivity contribution is -0.123. The molecule has 1 heterocycles. The summed E-state index contributed by atoms with van der Waals surface area (Å²) in [5, 5.41) is 6.26. The number of amides is 2. The highest BCUT2D eigenvalue weighted by molar-refractivity contribution is 5.94. The smallest absolute Gasteiger partial charge is 0.259 e. The fraction of sp³-hybridized carbons (Fsp3) is 0.111. The zero-order chi connectivity index (χ0) is 17.9. The van der Waals surface area contributed by atoms with E-state index in [1.165, 1.54) is 12.3 Å². The van der Waals surface area contributed by atoms with Crippen LogP contribution in [-0.4, -0.2) is 36.7 Å². The third-order valence-electron chi connectivity index (χ3n) is 3.06. The molecule has 128 valence electrons. The number of hydrazone groups is 1. The Kier molecular flexibility index (Phi) is 6.87. The quantitative estimate of drug-likeness (QED) is 0.453. The van der Waals surface area contributed by atoms with E-state index in [1.54, 1.807) is 43.8 Å². The molecule has 0 aliphatic heterocycles. The van der Waals surface area contributed by atoms with Crippen LogP contribution in [0.15, 0.2) is 60.0 Å². The first kappa shape index (κ1) is 17.9. The summed E-state index contributed by atoms with van der Waals surface area (Å²) < 4.78 is 5.19. The summed E-state index contributed by atoms with van der Waals surface area (Å²) >= 11 is 0. The lowest BCUT2D eigenvalue weighted by atomic mass is 10.2. The minimum Gasteiger partial charge on any atom is -0.496 e. The number of carbonyl (C=O) groups excluding carboxylic acids is 2. The highest BCUT2D eigenvalue weighted by Crippen LogP contribution is 2.18. The lowest BCUT2D eigenvalue weighted by Gasteiger charge is -2.03. The van der Waals surface area contributed by atoms with Gasteiger partial charge in [0.05, 0.1) is 19.9 Å². The van der Waals surface area contributed by atoms with Gasteiger partial charge in [0.25, 0.3) is 5.91 Å². The molecule has 0 aliphatic rings. The second-order valence-corrected chi connectivity index (χ2v) is 4.87. The molecule has 25 heavy (non-hydrogen) atoms. The van der Waals surface area contributed by atoms with Crippen molar-refractivity contribution in [2.45, 2.75) is 0 Å². The molecule has 7 heteroatoms. The van der Waals surface area contributed by atoms with E-state index < -0.39 is 11.8 Å². The van der Waals surface area contributed by atoms with Crippen LogP contribution in [0, 0.1) is 0 Å². The van der Waals surface area contributed by atoms with E-state index in [0.717, 1.165) is 11.1 Å². The van der Waals surface area contributed by atoms with Crippen LogP contribution in [-0.2, 0) is 9.59 Å². The van der Waals surface area contributed by atoms with Crippen molar-refractivity contribution in [3.05, 3.63) is 66.0 Å². The molecule has 0 saturated carbocycles. The van der Waals surface area contributed by atoms with E-state index in [9.17, 15) is 9.59 Å². The van der Waals surface area contributed by atoms with Gasteiger partial charge >= 0.3 is 0 Å². The Labute approximate surface area is 145 Å². The maximum Gasteiger partial charge on any atom is 0.259 e. The average molecular weight is 338 g/mol. The van der Waals surface area contributed by atoms with Crippen molar-refractivity contribution < 1.29 is 14.3 Å². The number of hydrogen-bond donors (Lipinski definition) is 2.